The average molecular weight is 251 g/mol. The van der Waals surface area contributed by atoms with Crippen molar-refractivity contribution in [2.75, 3.05) is 6.61 Å². The Kier molecular flexibility index (Phi) is 4.47. The lowest BCUT2D eigenvalue weighted by atomic mass is 10.0. The number of nitrogens with two attached hydrogens (primary N) is 1. The van der Waals surface area contributed by atoms with Gasteiger partial charge in [-0.05, 0) is 36.6 Å². The van der Waals surface area contributed by atoms with Gasteiger partial charge < -0.3 is 10.8 Å². The molecule has 0 aliphatic carbocycles. The molecule has 0 aliphatic heterocycles. The molecule has 0 radical (unpaired) electrons. The van der Waals surface area contributed by atoms with Crippen LogP contribution in [0, 0.1) is 5.82 Å². The summed E-state index contributed by atoms with van der Waals surface area (Å²) in [5, 5.41) is 8.59. The fourth-order valence-corrected chi connectivity index (χ4v) is 1.47. The van der Waals surface area contributed by atoms with E-state index in [0.717, 1.165) is 12.1 Å². The van der Waals surface area contributed by atoms with Crippen LogP contribution in [0.3, 0.4) is 0 Å². The van der Waals surface area contributed by atoms with Crippen molar-refractivity contribution in [2.45, 2.75) is 25.1 Å². The van der Waals surface area contributed by atoms with Gasteiger partial charge in [0.05, 0.1) is 5.56 Å². The van der Waals surface area contributed by atoms with E-state index in [9.17, 15) is 17.6 Å². The number of hydrogen-bond donors (Lipinski definition) is 2. The zero-order valence-electron chi connectivity index (χ0n) is 8.97. The van der Waals surface area contributed by atoms with E-state index >= 15 is 0 Å². The molecule has 17 heavy (non-hydrogen) atoms. The molecule has 0 amide bonds. The lowest BCUT2D eigenvalue weighted by molar-refractivity contribution is -0.137. The van der Waals surface area contributed by atoms with Crippen LogP contribution in [0.1, 0.15) is 30.0 Å². The number of hydrogen-bond acceptors (Lipinski definition) is 2. The van der Waals surface area contributed by atoms with Crippen LogP contribution in [-0.2, 0) is 6.18 Å². The predicted molar refractivity (Wildman–Crippen MR) is 54.7 cm³/mol. The molecular weight excluding hydrogens is 238 g/mol. The summed E-state index contributed by atoms with van der Waals surface area (Å²) in [7, 11) is 0. The van der Waals surface area contributed by atoms with Crippen molar-refractivity contribution in [2.24, 2.45) is 5.73 Å². The third kappa shape index (κ3) is 3.98. The normalized spacial score (nSPS) is 13.8. The third-order valence-corrected chi connectivity index (χ3v) is 2.35. The first-order valence-corrected chi connectivity index (χ1v) is 5.08. The fourth-order valence-electron chi connectivity index (χ4n) is 1.47. The Hall–Kier alpha value is -1.14. The predicted octanol–water partition coefficient (Wildman–Crippen LogP) is 2.62. The van der Waals surface area contributed by atoms with Crippen LogP contribution < -0.4 is 5.73 Å². The smallest absolute Gasteiger partial charge is 0.396 e. The quantitative estimate of drug-likeness (QED) is 0.808. The molecule has 0 heterocycles. The van der Waals surface area contributed by atoms with Crippen LogP contribution in [0.4, 0.5) is 17.6 Å². The molecule has 0 bridgehead atoms. The van der Waals surface area contributed by atoms with Crippen LogP contribution >= 0.6 is 0 Å². The van der Waals surface area contributed by atoms with Gasteiger partial charge in [-0.3, -0.25) is 0 Å². The van der Waals surface area contributed by atoms with Gasteiger partial charge in [-0.15, -0.1) is 0 Å². The Morgan fingerprint density at radius 3 is 2.41 bits per heavy atom. The molecule has 1 aromatic carbocycles. The molecule has 96 valence electrons. The molecule has 0 aliphatic rings. The number of aliphatic hydroxyl groups is 1. The molecule has 0 saturated heterocycles. The van der Waals surface area contributed by atoms with Crippen molar-refractivity contribution in [1.29, 1.82) is 0 Å². The molecule has 6 heteroatoms. The molecule has 3 N–H and O–H groups in total. The van der Waals surface area contributed by atoms with E-state index in [1.165, 1.54) is 0 Å². The van der Waals surface area contributed by atoms with E-state index in [1.807, 2.05) is 0 Å². The fraction of sp³-hybridized carbons (Fsp3) is 0.455. The van der Waals surface area contributed by atoms with E-state index in [2.05, 4.69) is 0 Å². The Balaban J connectivity index is 2.97. The Morgan fingerprint density at radius 2 is 1.88 bits per heavy atom. The van der Waals surface area contributed by atoms with E-state index < -0.39 is 23.6 Å². The first-order chi connectivity index (χ1) is 7.84. The molecule has 0 unspecified atom stereocenters. The van der Waals surface area contributed by atoms with Crippen molar-refractivity contribution in [3.05, 3.63) is 35.1 Å². The van der Waals surface area contributed by atoms with Gasteiger partial charge in [0.1, 0.15) is 5.82 Å². The van der Waals surface area contributed by atoms with E-state index in [0.29, 0.717) is 18.9 Å². The monoisotopic (exact) mass is 251 g/mol. The molecular formula is C11H13F4NO. The SMILES string of the molecule is N[C@@H](CCCO)c1cc(F)cc(C(F)(F)F)c1. The first-order valence-electron chi connectivity index (χ1n) is 5.08. The van der Waals surface area contributed by atoms with Crippen molar-refractivity contribution >= 4 is 0 Å². The van der Waals surface area contributed by atoms with Crippen LogP contribution in [-0.4, -0.2) is 11.7 Å². The minimum Gasteiger partial charge on any atom is -0.396 e. The number of halogens is 4. The Labute approximate surface area is 96.1 Å². The lowest BCUT2D eigenvalue weighted by Gasteiger charge is -2.14. The molecule has 1 atom stereocenters. The average Bonchev–Trinajstić information content (AvgIpc) is 2.23. The summed E-state index contributed by atoms with van der Waals surface area (Å²) < 4.78 is 50.3. The zero-order chi connectivity index (χ0) is 13.1. The molecule has 0 spiro atoms. The van der Waals surface area contributed by atoms with E-state index in [-0.39, 0.29) is 12.2 Å². The van der Waals surface area contributed by atoms with Crippen molar-refractivity contribution in [3.8, 4) is 0 Å². The largest absolute Gasteiger partial charge is 0.416 e. The standard InChI is InChI=1S/C11H13F4NO/c12-9-5-7(10(16)2-1-3-17)4-8(6-9)11(13,14)15/h4-6,10,17H,1-3,16H2/t10-/m0/s1. The molecule has 0 aromatic heterocycles. The molecule has 0 saturated carbocycles. The number of alkyl halides is 3. The van der Waals surface area contributed by atoms with Gasteiger partial charge in [0, 0.05) is 12.6 Å². The van der Waals surface area contributed by atoms with Gasteiger partial charge in [-0.2, -0.15) is 13.2 Å². The number of rotatable bonds is 4. The molecule has 2 nitrogen and oxygen atoms in total. The molecule has 0 fully saturated rings. The van der Waals surface area contributed by atoms with Gasteiger partial charge in [-0.25, -0.2) is 4.39 Å². The Bertz CT molecular complexity index is 378. The first kappa shape index (κ1) is 13.9. The van der Waals surface area contributed by atoms with E-state index in [1.54, 1.807) is 0 Å². The number of benzene rings is 1. The van der Waals surface area contributed by atoms with Crippen LogP contribution in [0.15, 0.2) is 18.2 Å². The topological polar surface area (TPSA) is 46.2 Å². The van der Waals surface area contributed by atoms with Gasteiger partial charge in [-0.1, -0.05) is 0 Å². The highest BCUT2D eigenvalue weighted by Crippen LogP contribution is 2.31. The second-order valence-corrected chi connectivity index (χ2v) is 3.74. The third-order valence-electron chi connectivity index (χ3n) is 2.35. The summed E-state index contributed by atoms with van der Waals surface area (Å²) in [5.74, 6) is -0.964. The van der Waals surface area contributed by atoms with Gasteiger partial charge in [0.2, 0.25) is 0 Å². The minimum absolute atomic E-state index is 0.0887. The minimum atomic E-state index is -4.59. The maximum Gasteiger partial charge on any atom is 0.416 e. The van der Waals surface area contributed by atoms with E-state index in [4.69, 9.17) is 10.8 Å². The highest BCUT2D eigenvalue weighted by atomic mass is 19.4. The van der Waals surface area contributed by atoms with Crippen molar-refractivity contribution in [3.63, 3.8) is 0 Å². The summed E-state index contributed by atoms with van der Waals surface area (Å²) in [5.41, 5.74) is 4.66. The van der Waals surface area contributed by atoms with Crippen molar-refractivity contribution < 1.29 is 22.7 Å². The summed E-state index contributed by atoms with van der Waals surface area (Å²) in [6.45, 7) is -0.102. The second kappa shape index (κ2) is 5.46. The zero-order valence-corrected chi connectivity index (χ0v) is 8.97. The summed E-state index contributed by atoms with van der Waals surface area (Å²) in [6, 6.07) is 1.55. The van der Waals surface area contributed by atoms with Crippen LogP contribution in [0.2, 0.25) is 0 Å². The van der Waals surface area contributed by atoms with Gasteiger partial charge in [0.15, 0.2) is 0 Å². The summed E-state index contributed by atoms with van der Waals surface area (Å²) >= 11 is 0. The maximum atomic E-state index is 13.0. The Morgan fingerprint density at radius 1 is 1.24 bits per heavy atom. The summed E-state index contributed by atoms with van der Waals surface area (Å²) in [4.78, 5) is 0. The second-order valence-electron chi connectivity index (χ2n) is 3.74. The summed E-state index contributed by atoms with van der Waals surface area (Å²) in [6.07, 6.45) is -3.93. The van der Waals surface area contributed by atoms with Crippen LogP contribution in [0.5, 0.6) is 0 Å². The maximum absolute atomic E-state index is 13.0. The number of aliphatic hydroxyl groups excluding tert-OH is 1. The lowest BCUT2D eigenvalue weighted by Crippen LogP contribution is -2.13. The molecule has 1 rings (SSSR count). The van der Waals surface area contributed by atoms with Gasteiger partial charge in [0.25, 0.3) is 0 Å². The molecule has 1 aromatic rings. The van der Waals surface area contributed by atoms with Crippen LogP contribution in [0.25, 0.3) is 0 Å². The van der Waals surface area contributed by atoms with Crippen molar-refractivity contribution in [1.82, 2.24) is 0 Å². The van der Waals surface area contributed by atoms with Gasteiger partial charge >= 0.3 is 6.18 Å². The highest BCUT2D eigenvalue weighted by molar-refractivity contribution is 5.28. The highest BCUT2D eigenvalue weighted by Gasteiger charge is 2.31.